The highest BCUT2D eigenvalue weighted by Crippen LogP contribution is 2.38. The Bertz CT molecular complexity index is 1080. The largest absolute Gasteiger partial charge is 0.497 e. The Kier molecular flexibility index (Phi) is 7.05. The van der Waals surface area contributed by atoms with E-state index in [0.29, 0.717) is 28.5 Å². The van der Waals surface area contributed by atoms with E-state index in [1.54, 1.807) is 36.4 Å². The molecule has 32 heavy (non-hydrogen) atoms. The molecule has 0 aliphatic carbocycles. The minimum absolute atomic E-state index is 0.0830. The second-order valence-electron chi connectivity index (χ2n) is 7.03. The molecule has 1 atom stereocenters. The zero-order valence-corrected chi connectivity index (χ0v) is 18.9. The topological polar surface area (TPSA) is 94.2 Å². The molecule has 1 fully saturated rings. The molecule has 0 aromatic heterocycles. The number of methoxy groups -OCH3 is 2. The smallest absolute Gasteiger partial charge is 0.335 e. The molecule has 0 saturated carbocycles. The second-order valence-corrected chi connectivity index (χ2v) is 7.43. The van der Waals surface area contributed by atoms with Crippen LogP contribution in [-0.2, 0) is 9.59 Å². The molecule has 8 nitrogen and oxygen atoms in total. The van der Waals surface area contributed by atoms with E-state index in [2.05, 4.69) is 5.32 Å². The van der Waals surface area contributed by atoms with E-state index < -0.39 is 17.8 Å². The summed E-state index contributed by atoms with van der Waals surface area (Å²) in [7, 11) is 2.97. The molecule has 0 bridgehead atoms. The van der Waals surface area contributed by atoms with Crippen molar-refractivity contribution in [1.29, 1.82) is 0 Å². The molecule has 1 unspecified atom stereocenters. The van der Waals surface area contributed by atoms with Crippen LogP contribution in [0.3, 0.4) is 0 Å². The summed E-state index contributed by atoms with van der Waals surface area (Å²) in [4.78, 5) is 38.7. The monoisotopic (exact) mass is 458 g/mol. The van der Waals surface area contributed by atoms with Crippen LogP contribution in [0.25, 0.3) is 6.08 Å². The zero-order chi connectivity index (χ0) is 23.4. The highest BCUT2D eigenvalue weighted by atomic mass is 35.5. The Morgan fingerprint density at radius 3 is 2.38 bits per heavy atom. The molecule has 1 aliphatic heterocycles. The normalized spacial score (nSPS) is 16.1. The van der Waals surface area contributed by atoms with Gasteiger partial charge >= 0.3 is 6.03 Å². The van der Waals surface area contributed by atoms with E-state index in [-0.39, 0.29) is 16.7 Å². The summed E-state index contributed by atoms with van der Waals surface area (Å²) in [6.07, 6.45) is 2.04. The third kappa shape index (κ3) is 4.70. The van der Waals surface area contributed by atoms with Crippen LogP contribution in [0.2, 0.25) is 5.02 Å². The molecule has 1 aliphatic rings. The van der Waals surface area contributed by atoms with E-state index in [1.165, 1.54) is 20.3 Å². The van der Waals surface area contributed by atoms with Gasteiger partial charge in [-0.3, -0.25) is 14.9 Å². The van der Waals surface area contributed by atoms with Gasteiger partial charge in [0.05, 0.1) is 31.0 Å². The predicted octanol–water partition coefficient (Wildman–Crippen LogP) is 4.20. The molecule has 0 radical (unpaired) electrons. The molecule has 168 valence electrons. The fourth-order valence-corrected chi connectivity index (χ4v) is 3.28. The van der Waals surface area contributed by atoms with Gasteiger partial charge in [-0.1, -0.05) is 18.5 Å². The summed E-state index contributed by atoms with van der Waals surface area (Å²) in [5.41, 5.74) is 0.500. The first-order chi connectivity index (χ1) is 15.3. The Balaban J connectivity index is 1.99. The predicted molar refractivity (Wildman–Crippen MR) is 120 cm³/mol. The quantitative estimate of drug-likeness (QED) is 0.493. The third-order valence-electron chi connectivity index (χ3n) is 4.89. The van der Waals surface area contributed by atoms with Gasteiger partial charge in [0.15, 0.2) is 11.5 Å². The number of hydrogen-bond acceptors (Lipinski definition) is 6. The van der Waals surface area contributed by atoms with Crippen molar-refractivity contribution in [3.8, 4) is 17.2 Å². The lowest BCUT2D eigenvalue weighted by Crippen LogP contribution is -2.54. The Hall–Kier alpha value is -3.52. The summed E-state index contributed by atoms with van der Waals surface area (Å²) in [6.45, 7) is 3.88. The van der Waals surface area contributed by atoms with Crippen LogP contribution in [0, 0.1) is 0 Å². The van der Waals surface area contributed by atoms with E-state index in [0.717, 1.165) is 11.3 Å². The van der Waals surface area contributed by atoms with Gasteiger partial charge in [0.1, 0.15) is 11.3 Å². The number of amides is 4. The van der Waals surface area contributed by atoms with Crippen molar-refractivity contribution in [2.24, 2.45) is 0 Å². The summed E-state index contributed by atoms with van der Waals surface area (Å²) >= 11 is 6.38. The van der Waals surface area contributed by atoms with Crippen LogP contribution >= 0.6 is 11.6 Å². The third-order valence-corrected chi connectivity index (χ3v) is 5.17. The number of hydrogen-bond donors (Lipinski definition) is 1. The van der Waals surface area contributed by atoms with E-state index >= 15 is 0 Å². The van der Waals surface area contributed by atoms with Crippen molar-refractivity contribution in [3.05, 3.63) is 52.6 Å². The maximum Gasteiger partial charge on any atom is 0.335 e. The van der Waals surface area contributed by atoms with Crippen LogP contribution in [-0.4, -0.2) is 38.2 Å². The maximum atomic E-state index is 13.1. The molecule has 2 aromatic rings. The molecule has 4 amide bonds. The van der Waals surface area contributed by atoms with Crippen molar-refractivity contribution < 1.29 is 28.6 Å². The maximum absolute atomic E-state index is 13.1. The van der Waals surface area contributed by atoms with Gasteiger partial charge in [-0.15, -0.1) is 0 Å². The summed E-state index contributed by atoms with van der Waals surface area (Å²) in [5.74, 6) is -0.276. The van der Waals surface area contributed by atoms with Crippen molar-refractivity contribution >= 4 is 41.2 Å². The van der Waals surface area contributed by atoms with Crippen molar-refractivity contribution in [2.45, 2.75) is 26.4 Å². The van der Waals surface area contributed by atoms with Gasteiger partial charge in [-0.25, -0.2) is 9.69 Å². The SMILES string of the molecule is CCC(C)Oc1c(Cl)cc(C=C2C(=O)NC(=O)N(c3ccc(OC)cc3)C2=O)cc1OC. The molecule has 0 spiro atoms. The van der Waals surface area contributed by atoms with Gasteiger partial charge in [-0.05, 0) is 61.4 Å². The number of halogens is 1. The average molecular weight is 459 g/mol. The molecule has 3 rings (SSSR count). The standard InChI is InChI=1S/C23H23ClN2O6/c1-5-13(2)32-20-18(24)11-14(12-19(20)31-4)10-17-21(27)25-23(29)26(22(17)28)15-6-8-16(30-3)9-7-15/h6-13H,5H2,1-4H3,(H,25,27,29). The number of rotatable bonds is 7. The summed E-state index contributed by atoms with van der Waals surface area (Å²) in [5, 5.41) is 2.45. The van der Waals surface area contributed by atoms with Crippen molar-refractivity contribution in [3.63, 3.8) is 0 Å². The van der Waals surface area contributed by atoms with Crippen LogP contribution in [0.4, 0.5) is 10.5 Å². The number of carbonyl (C=O) groups excluding carboxylic acids is 3. The summed E-state index contributed by atoms with van der Waals surface area (Å²) in [6, 6.07) is 8.63. The molecule has 9 heteroatoms. The van der Waals surface area contributed by atoms with Gasteiger partial charge in [0, 0.05) is 0 Å². The molecule has 2 aromatic carbocycles. The Morgan fingerprint density at radius 2 is 1.78 bits per heavy atom. The van der Waals surface area contributed by atoms with Crippen LogP contribution in [0.5, 0.6) is 17.2 Å². The molecular formula is C23H23ClN2O6. The molecule has 1 heterocycles. The summed E-state index contributed by atoms with van der Waals surface area (Å²) < 4.78 is 16.3. The Morgan fingerprint density at radius 1 is 1.09 bits per heavy atom. The average Bonchev–Trinajstić information content (AvgIpc) is 2.78. The van der Waals surface area contributed by atoms with Gasteiger partial charge in [0.2, 0.25) is 0 Å². The van der Waals surface area contributed by atoms with Crippen molar-refractivity contribution in [2.75, 3.05) is 19.1 Å². The number of imide groups is 2. The molecular weight excluding hydrogens is 436 g/mol. The van der Waals surface area contributed by atoms with Gasteiger partial charge in [0.25, 0.3) is 11.8 Å². The highest BCUT2D eigenvalue weighted by molar-refractivity contribution is 6.39. The van der Waals surface area contributed by atoms with Crippen LogP contribution in [0.1, 0.15) is 25.8 Å². The minimum atomic E-state index is -0.838. The first-order valence-corrected chi connectivity index (χ1v) is 10.3. The van der Waals surface area contributed by atoms with Crippen LogP contribution < -0.4 is 24.4 Å². The van der Waals surface area contributed by atoms with E-state index in [4.69, 9.17) is 25.8 Å². The second kappa shape index (κ2) is 9.74. The number of ether oxygens (including phenoxy) is 3. The number of anilines is 1. The van der Waals surface area contributed by atoms with Crippen molar-refractivity contribution in [1.82, 2.24) is 5.32 Å². The first-order valence-electron chi connectivity index (χ1n) is 9.88. The fourth-order valence-electron chi connectivity index (χ4n) is 3.01. The number of carbonyl (C=O) groups is 3. The van der Waals surface area contributed by atoms with Crippen LogP contribution in [0.15, 0.2) is 42.0 Å². The van der Waals surface area contributed by atoms with Gasteiger partial charge < -0.3 is 14.2 Å². The van der Waals surface area contributed by atoms with Gasteiger partial charge in [-0.2, -0.15) is 0 Å². The lowest BCUT2D eigenvalue weighted by Gasteiger charge is -2.26. The number of nitrogens with one attached hydrogen (secondary N) is 1. The first kappa shape index (κ1) is 23.1. The lowest BCUT2D eigenvalue weighted by atomic mass is 10.1. The number of barbiturate groups is 1. The molecule has 1 saturated heterocycles. The number of benzene rings is 2. The molecule has 1 N–H and O–H groups in total. The van der Waals surface area contributed by atoms with E-state index in [1.807, 2.05) is 13.8 Å². The zero-order valence-electron chi connectivity index (χ0n) is 18.1. The number of nitrogens with zero attached hydrogens (tertiary/aromatic N) is 1. The Labute approximate surface area is 190 Å². The lowest BCUT2D eigenvalue weighted by molar-refractivity contribution is -0.122. The number of urea groups is 1. The van der Waals surface area contributed by atoms with E-state index in [9.17, 15) is 14.4 Å². The fraction of sp³-hybridized carbons (Fsp3) is 0.261. The minimum Gasteiger partial charge on any atom is -0.497 e. The highest BCUT2D eigenvalue weighted by Gasteiger charge is 2.37.